The third kappa shape index (κ3) is 2.74. The topological polar surface area (TPSA) is 48.3 Å². The van der Waals surface area contributed by atoms with Gasteiger partial charge in [0, 0.05) is 23.6 Å². The number of aryl methyl sites for hydroxylation is 1. The van der Waals surface area contributed by atoms with Gasteiger partial charge in [0.2, 0.25) is 0 Å². The molecule has 1 aromatic carbocycles. The van der Waals surface area contributed by atoms with Gasteiger partial charge in [-0.05, 0) is 62.8 Å². The van der Waals surface area contributed by atoms with Crippen molar-refractivity contribution in [3.8, 4) is 0 Å². The number of ketones is 1. The number of benzene rings is 1. The molecule has 4 heteroatoms. The molecule has 2 aromatic rings. The summed E-state index contributed by atoms with van der Waals surface area (Å²) in [5, 5.41) is 1.05. The zero-order valence-corrected chi connectivity index (χ0v) is 15.1. The summed E-state index contributed by atoms with van der Waals surface area (Å²) in [6, 6.07) is 3.99. The molecule has 1 aromatic heterocycles. The molecular weight excluding hydrogens is 302 g/mol. The van der Waals surface area contributed by atoms with Crippen LogP contribution in [-0.2, 0) is 11.2 Å². The van der Waals surface area contributed by atoms with Gasteiger partial charge in [0.25, 0.3) is 0 Å². The van der Waals surface area contributed by atoms with Gasteiger partial charge in [0.15, 0.2) is 5.78 Å². The van der Waals surface area contributed by atoms with E-state index in [0.717, 1.165) is 40.4 Å². The highest BCUT2D eigenvalue weighted by atomic mass is 16.6. The van der Waals surface area contributed by atoms with Crippen molar-refractivity contribution in [3.63, 3.8) is 0 Å². The van der Waals surface area contributed by atoms with Crippen molar-refractivity contribution in [1.29, 1.82) is 0 Å². The van der Waals surface area contributed by atoms with Gasteiger partial charge in [-0.3, -0.25) is 9.36 Å². The van der Waals surface area contributed by atoms with Gasteiger partial charge in [0.1, 0.15) is 5.60 Å². The molecule has 1 aliphatic carbocycles. The standard InChI is InChI=1S/C20H25NO3/c1-6-13-11-15-16(22)8-7-12(2)17(15)18-14(13)9-10-21(18)19(23)24-20(3,4)5/h9-12H,6-8H2,1-5H3. The quantitative estimate of drug-likeness (QED) is 0.735. The van der Waals surface area contributed by atoms with E-state index in [-0.39, 0.29) is 11.7 Å². The van der Waals surface area contributed by atoms with Crippen LogP contribution >= 0.6 is 0 Å². The van der Waals surface area contributed by atoms with Gasteiger partial charge in [0.05, 0.1) is 5.52 Å². The highest BCUT2D eigenvalue weighted by Crippen LogP contribution is 2.39. The molecule has 0 saturated carbocycles. The number of ether oxygens (including phenoxy) is 1. The molecule has 0 aliphatic heterocycles. The van der Waals surface area contributed by atoms with E-state index in [2.05, 4.69) is 13.8 Å². The first-order chi connectivity index (χ1) is 11.2. The minimum Gasteiger partial charge on any atom is -0.443 e. The summed E-state index contributed by atoms with van der Waals surface area (Å²) >= 11 is 0. The van der Waals surface area contributed by atoms with E-state index in [1.165, 1.54) is 0 Å². The zero-order chi connectivity index (χ0) is 17.6. The Morgan fingerprint density at radius 2 is 2.08 bits per heavy atom. The number of hydrogen-bond donors (Lipinski definition) is 0. The number of hydrogen-bond acceptors (Lipinski definition) is 3. The Bertz CT molecular complexity index is 824. The summed E-state index contributed by atoms with van der Waals surface area (Å²) in [7, 11) is 0. The van der Waals surface area contributed by atoms with Gasteiger partial charge in [-0.1, -0.05) is 13.8 Å². The van der Waals surface area contributed by atoms with Crippen LogP contribution in [-0.4, -0.2) is 22.0 Å². The first-order valence-corrected chi connectivity index (χ1v) is 8.66. The van der Waals surface area contributed by atoms with E-state index >= 15 is 0 Å². The fourth-order valence-electron chi connectivity index (χ4n) is 3.54. The Kier molecular flexibility index (Phi) is 4.02. The molecule has 24 heavy (non-hydrogen) atoms. The average Bonchev–Trinajstić information content (AvgIpc) is 2.93. The Hall–Kier alpha value is -2.10. The average molecular weight is 327 g/mol. The fourth-order valence-corrected chi connectivity index (χ4v) is 3.54. The second-order valence-electron chi connectivity index (χ2n) is 7.64. The van der Waals surface area contributed by atoms with Crippen molar-refractivity contribution < 1.29 is 14.3 Å². The Morgan fingerprint density at radius 1 is 1.38 bits per heavy atom. The first-order valence-electron chi connectivity index (χ1n) is 8.66. The predicted molar refractivity (Wildman–Crippen MR) is 94.9 cm³/mol. The van der Waals surface area contributed by atoms with E-state index in [0.29, 0.717) is 6.42 Å². The van der Waals surface area contributed by atoms with Crippen LogP contribution in [0.4, 0.5) is 4.79 Å². The molecule has 1 heterocycles. The molecule has 1 aliphatic rings. The monoisotopic (exact) mass is 327 g/mol. The number of aromatic nitrogens is 1. The van der Waals surface area contributed by atoms with Gasteiger partial charge in [-0.25, -0.2) is 4.79 Å². The molecule has 0 bridgehead atoms. The maximum absolute atomic E-state index is 12.7. The lowest BCUT2D eigenvalue weighted by Gasteiger charge is -2.25. The van der Waals surface area contributed by atoms with Gasteiger partial charge in [-0.15, -0.1) is 0 Å². The van der Waals surface area contributed by atoms with Gasteiger partial charge in [-0.2, -0.15) is 0 Å². The van der Waals surface area contributed by atoms with E-state index in [4.69, 9.17) is 4.74 Å². The second kappa shape index (κ2) is 5.76. The Labute approximate surface area is 142 Å². The fraction of sp³-hybridized carbons (Fsp3) is 0.500. The zero-order valence-electron chi connectivity index (χ0n) is 15.1. The molecule has 3 rings (SSSR count). The van der Waals surface area contributed by atoms with Crippen LogP contribution in [0, 0.1) is 0 Å². The number of carbonyl (C=O) groups is 2. The number of carbonyl (C=O) groups excluding carboxylic acids is 2. The summed E-state index contributed by atoms with van der Waals surface area (Å²) in [6.45, 7) is 9.77. The summed E-state index contributed by atoms with van der Waals surface area (Å²) < 4.78 is 7.13. The van der Waals surface area contributed by atoms with Crippen LogP contribution in [0.3, 0.4) is 0 Å². The van der Waals surface area contributed by atoms with Crippen molar-refractivity contribution in [2.75, 3.05) is 0 Å². The lowest BCUT2D eigenvalue weighted by Crippen LogP contribution is -2.27. The van der Waals surface area contributed by atoms with Crippen molar-refractivity contribution in [3.05, 3.63) is 35.0 Å². The lowest BCUT2D eigenvalue weighted by molar-refractivity contribution is 0.0543. The minimum absolute atomic E-state index is 0.177. The van der Waals surface area contributed by atoms with Crippen molar-refractivity contribution >= 4 is 22.8 Å². The Balaban J connectivity index is 2.28. The van der Waals surface area contributed by atoms with E-state index < -0.39 is 11.7 Å². The summed E-state index contributed by atoms with van der Waals surface area (Å²) in [6.07, 6.45) is 3.61. The SMILES string of the molecule is CCc1cc2c(c3c1ccn3C(=O)OC(C)(C)C)C(C)CCC2=O. The molecule has 0 fully saturated rings. The van der Waals surface area contributed by atoms with Gasteiger partial charge < -0.3 is 4.74 Å². The van der Waals surface area contributed by atoms with E-state index in [1.807, 2.05) is 32.9 Å². The highest BCUT2D eigenvalue weighted by molar-refractivity contribution is 6.06. The maximum Gasteiger partial charge on any atom is 0.419 e. The first kappa shape index (κ1) is 16.7. The predicted octanol–water partition coefficient (Wildman–Crippen LogP) is 5.07. The van der Waals surface area contributed by atoms with Gasteiger partial charge >= 0.3 is 6.09 Å². The number of rotatable bonds is 1. The number of Topliss-reactive ketones (excluding diaryl/α,β-unsaturated/α-hetero) is 1. The van der Waals surface area contributed by atoms with Crippen LogP contribution in [0.15, 0.2) is 18.3 Å². The third-order valence-corrected chi connectivity index (χ3v) is 4.66. The molecule has 1 atom stereocenters. The highest BCUT2D eigenvalue weighted by Gasteiger charge is 2.29. The third-order valence-electron chi connectivity index (χ3n) is 4.66. The molecule has 0 spiro atoms. The van der Waals surface area contributed by atoms with Crippen LogP contribution < -0.4 is 0 Å². The molecule has 0 saturated heterocycles. The minimum atomic E-state index is -0.558. The smallest absolute Gasteiger partial charge is 0.419 e. The van der Waals surface area contributed by atoms with Crippen LogP contribution in [0.2, 0.25) is 0 Å². The largest absolute Gasteiger partial charge is 0.443 e. The summed E-state index contributed by atoms with van der Waals surface area (Å²) in [5.74, 6) is 0.429. The second-order valence-corrected chi connectivity index (χ2v) is 7.64. The van der Waals surface area contributed by atoms with E-state index in [9.17, 15) is 9.59 Å². The van der Waals surface area contributed by atoms with Crippen molar-refractivity contribution in [2.24, 2.45) is 0 Å². The van der Waals surface area contributed by atoms with Crippen LogP contribution in [0.1, 0.15) is 74.9 Å². The molecule has 4 nitrogen and oxygen atoms in total. The lowest BCUT2D eigenvalue weighted by atomic mass is 9.80. The summed E-state index contributed by atoms with van der Waals surface area (Å²) in [5.41, 5.74) is 3.17. The van der Waals surface area contributed by atoms with Crippen LogP contribution in [0.25, 0.3) is 10.9 Å². The molecule has 0 N–H and O–H groups in total. The van der Waals surface area contributed by atoms with Crippen LogP contribution in [0.5, 0.6) is 0 Å². The van der Waals surface area contributed by atoms with Crippen molar-refractivity contribution in [1.82, 2.24) is 4.57 Å². The molecule has 1 unspecified atom stereocenters. The van der Waals surface area contributed by atoms with Crippen molar-refractivity contribution in [2.45, 2.75) is 65.4 Å². The molecule has 0 amide bonds. The van der Waals surface area contributed by atoms with E-state index in [1.54, 1.807) is 10.8 Å². The molecular formula is C20H25NO3. The maximum atomic E-state index is 12.7. The molecule has 128 valence electrons. The Morgan fingerprint density at radius 3 is 2.71 bits per heavy atom. The normalized spacial score (nSPS) is 17.9. The molecule has 0 radical (unpaired) electrons. The number of nitrogens with zero attached hydrogens (tertiary/aromatic N) is 1. The number of fused-ring (bicyclic) bond motifs is 3. The summed E-state index contributed by atoms with van der Waals surface area (Å²) in [4.78, 5) is 25.1.